The number of halogens is 1. The Kier molecular flexibility index (Phi) is 3.55. The van der Waals surface area contributed by atoms with E-state index >= 15 is 0 Å². The number of piperazine rings is 1. The van der Waals surface area contributed by atoms with Crippen LogP contribution < -0.4 is 5.32 Å². The zero-order valence-electron chi connectivity index (χ0n) is 11.2. The molecule has 20 heavy (non-hydrogen) atoms. The van der Waals surface area contributed by atoms with Crippen LogP contribution in [0.3, 0.4) is 0 Å². The van der Waals surface area contributed by atoms with Crippen molar-refractivity contribution >= 4 is 11.8 Å². The normalized spacial score (nSPS) is 18.0. The lowest BCUT2D eigenvalue weighted by atomic mass is 9.99. The lowest BCUT2D eigenvalue weighted by molar-refractivity contribution is -0.153. The summed E-state index contributed by atoms with van der Waals surface area (Å²) in [6.07, 6.45) is 0. The number of imide groups is 1. The van der Waals surface area contributed by atoms with Crippen molar-refractivity contribution < 1.29 is 14.0 Å². The maximum Gasteiger partial charge on any atom is 0.249 e. The fourth-order valence-corrected chi connectivity index (χ4v) is 2.01. The van der Waals surface area contributed by atoms with Crippen LogP contribution in [0, 0.1) is 17.1 Å². The first-order chi connectivity index (χ1) is 9.35. The molecular weight excluding hydrogens is 261 g/mol. The molecular formula is C14H14FN3O2. The molecule has 1 aromatic carbocycles. The molecule has 1 fully saturated rings. The van der Waals surface area contributed by atoms with Gasteiger partial charge in [-0.05, 0) is 32.0 Å². The second-order valence-electron chi connectivity index (χ2n) is 5.18. The number of nitrogens with one attached hydrogen (secondary N) is 1. The van der Waals surface area contributed by atoms with Gasteiger partial charge in [-0.15, -0.1) is 0 Å². The van der Waals surface area contributed by atoms with Crippen molar-refractivity contribution in [3.05, 3.63) is 35.1 Å². The van der Waals surface area contributed by atoms with Crippen molar-refractivity contribution in [3.8, 4) is 6.07 Å². The van der Waals surface area contributed by atoms with Gasteiger partial charge in [0, 0.05) is 5.56 Å². The number of carbonyl (C=O) groups is 2. The van der Waals surface area contributed by atoms with E-state index in [0.717, 1.165) is 11.0 Å². The molecule has 0 aliphatic carbocycles. The Labute approximate surface area is 116 Å². The molecule has 1 heterocycles. The predicted molar refractivity (Wildman–Crippen MR) is 68.8 cm³/mol. The summed E-state index contributed by atoms with van der Waals surface area (Å²) in [6, 6.07) is 5.77. The van der Waals surface area contributed by atoms with Gasteiger partial charge in [-0.25, -0.2) is 4.39 Å². The average molecular weight is 275 g/mol. The third-order valence-electron chi connectivity index (χ3n) is 3.27. The summed E-state index contributed by atoms with van der Waals surface area (Å²) in [7, 11) is 0. The molecule has 1 aromatic rings. The van der Waals surface area contributed by atoms with Crippen LogP contribution in [0.2, 0.25) is 0 Å². The highest BCUT2D eigenvalue weighted by molar-refractivity contribution is 6.02. The first kappa shape index (κ1) is 14.2. The Morgan fingerprint density at radius 1 is 1.45 bits per heavy atom. The van der Waals surface area contributed by atoms with Crippen molar-refractivity contribution in [2.24, 2.45) is 0 Å². The third kappa shape index (κ3) is 2.53. The monoisotopic (exact) mass is 275 g/mol. The molecule has 0 bridgehead atoms. The molecule has 0 unspecified atom stereocenters. The van der Waals surface area contributed by atoms with Crippen LogP contribution in [0.1, 0.15) is 25.0 Å². The Bertz CT molecular complexity index is 619. The van der Waals surface area contributed by atoms with Gasteiger partial charge in [0.15, 0.2) is 0 Å². The third-order valence-corrected chi connectivity index (χ3v) is 3.27. The van der Waals surface area contributed by atoms with Gasteiger partial charge in [0.05, 0.1) is 30.3 Å². The van der Waals surface area contributed by atoms with E-state index < -0.39 is 23.2 Å². The number of carbonyl (C=O) groups excluding carboxylic acids is 2. The molecule has 0 radical (unpaired) electrons. The van der Waals surface area contributed by atoms with Crippen LogP contribution in [-0.4, -0.2) is 28.8 Å². The molecule has 1 aliphatic rings. The second kappa shape index (κ2) is 5.02. The van der Waals surface area contributed by atoms with Crippen molar-refractivity contribution in [2.75, 3.05) is 6.54 Å². The van der Waals surface area contributed by atoms with E-state index in [1.807, 2.05) is 6.07 Å². The quantitative estimate of drug-likeness (QED) is 0.815. The zero-order valence-corrected chi connectivity index (χ0v) is 11.2. The Hall–Kier alpha value is -2.26. The molecule has 104 valence electrons. The minimum absolute atomic E-state index is 0.0261. The summed E-state index contributed by atoms with van der Waals surface area (Å²) in [5.41, 5.74) is -0.420. The predicted octanol–water partition coefficient (Wildman–Crippen LogP) is 0.934. The van der Waals surface area contributed by atoms with Crippen LogP contribution >= 0.6 is 0 Å². The summed E-state index contributed by atoms with van der Waals surface area (Å²) in [4.78, 5) is 25.0. The fourth-order valence-electron chi connectivity index (χ4n) is 2.01. The summed E-state index contributed by atoms with van der Waals surface area (Å²) >= 11 is 0. The first-order valence-electron chi connectivity index (χ1n) is 6.13. The van der Waals surface area contributed by atoms with Gasteiger partial charge >= 0.3 is 0 Å². The number of rotatable bonds is 2. The molecule has 1 aliphatic heterocycles. The van der Waals surface area contributed by atoms with Gasteiger partial charge in [0.2, 0.25) is 11.8 Å². The number of nitriles is 1. The molecule has 6 heteroatoms. The highest BCUT2D eigenvalue weighted by Gasteiger charge is 2.39. The molecule has 2 amide bonds. The van der Waals surface area contributed by atoms with Crippen LogP contribution in [0.5, 0.6) is 0 Å². The zero-order chi connectivity index (χ0) is 14.9. The minimum atomic E-state index is -0.864. The molecule has 0 aromatic heterocycles. The summed E-state index contributed by atoms with van der Waals surface area (Å²) < 4.78 is 13.7. The van der Waals surface area contributed by atoms with E-state index in [0.29, 0.717) is 0 Å². The molecule has 0 spiro atoms. The highest BCUT2D eigenvalue weighted by atomic mass is 19.1. The molecule has 0 atom stereocenters. The SMILES string of the molecule is CC1(C)NCC(=O)N(Cc2cc(C#N)ccc2F)C1=O. The molecule has 1 saturated heterocycles. The van der Waals surface area contributed by atoms with Crippen LogP contribution in [0.25, 0.3) is 0 Å². The summed E-state index contributed by atoms with van der Waals surface area (Å²) in [6.45, 7) is 3.19. The first-order valence-corrected chi connectivity index (χ1v) is 6.13. The Morgan fingerprint density at radius 2 is 2.15 bits per heavy atom. The Balaban J connectivity index is 2.31. The van der Waals surface area contributed by atoms with E-state index in [1.165, 1.54) is 12.1 Å². The molecule has 2 rings (SSSR count). The number of benzene rings is 1. The van der Waals surface area contributed by atoms with E-state index in [4.69, 9.17) is 5.26 Å². The van der Waals surface area contributed by atoms with Crippen molar-refractivity contribution in [1.29, 1.82) is 5.26 Å². The van der Waals surface area contributed by atoms with Crippen molar-refractivity contribution in [3.63, 3.8) is 0 Å². The maximum atomic E-state index is 13.7. The van der Waals surface area contributed by atoms with E-state index in [1.54, 1.807) is 13.8 Å². The van der Waals surface area contributed by atoms with Crippen LogP contribution in [0.15, 0.2) is 18.2 Å². The smallest absolute Gasteiger partial charge is 0.249 e. The number of hydrogen-bond donors (Lipinski definition) is 1. The van der Waals surface area contributed by atoms with Crippen molar-refractivity contribution in [2.45, 2.75) is 25.9 Å². The highest BCUT2D eigenvalue weighted by Crippen LogP contribution is 2.18. The van der Waals surface area contributed by atoms with Gasteiger partial charge in [0.1, 0.15) is 5.82 Å². The van der Waals surface area contributed by atoms with E-state index in [9.17, 15) is 14.0 Å². The van der Waals surface area contributed by atoms with Gasteiger partial charge in [0.25, 0.3) is 0 Å². The number of hydrogen-bond acceptors (Lipinski definition) is 4. The molecule has 0 saturated carbocycles. The van der Waals surface area contributed by atoms with Crippen LogP contribution in [-0.2, 0) is 16.1 Å². The summed E-state index contributed by atoms with van der Waals surface area (Å²) in [5, 5.41) is 11.6. The van der Waals surface area contributed by atoms with E-state index in [-0.39, 0.29) is 24.2 Å². The summed E-state index contributed by atoms with van der Waals surface area (Å²) in [5.74, 6) is -1.35. The second-order valence-corrected chi connectivity index (χ2v) is 5.18. The lowest BCUT2D eigenvalue weighted by Crippen LogP contribution is -2.63. The topological polar surface area (TPSA) is 73.2 Å². The van der Waals surface area contributed by atoms with Gasteiger partial charge < -0.3 is 0 Å². The van der Waals surface area contributed by atoms with Gasteiger partial charge in [-0.2, -0.15) is 5.26 Å². The minimum Gasteiger partial charge on any atom is -0.295 e. The number of nitrogens with zero attached hydrogens (tertiary/aromatic N) is 2. The van der Waals surface area contributed by atoms with Gasteiger partial charge in [-0.3, -0.25) is 19.8 Å². The largest absolute Gasteiger partial charge is 0.295 e. The standard InChI is InChI=1S/C14H14FN3O2/c1-14(2)13(20)18(12(19)7-17-14)8-10-5-9(6-16)3-4-11(10)15/h3-5,17H,7-8H2,1-2H3. The fraction of sp³-hybridized carbons (Fsp3) is 0.357. The number of amides is 2. The maximum absolute atomic E-state index is 13.7. The molecule has 5 nitrogen and oxygen atoms in total. The van der Waals surface area contributed by atoms with Crippen LogP contribution in [0.4, 0.5) is 4.39 Å². The van der Waals surface area contributed by atoms with Crippen molar-refractivity contribution in [1.82, 2.24) is 10.2 Å². The Morgan fingerprint density at radius 3 is 2.80 bits per heavy atom. The van der Waals surface area contributed by atoms with Gasteiger partial charge in [-0.1, -0.05) is 0 Å². The molecule has 1 N–H and O–H groups in total. The average Bonchev–Trinajstić information content (AvgIpc) is 2.42. The van der Waals surface area contributed by atoms with E-state index in [2.05, 4.69) is 5.32 Å². The lowest BCUT2D eigenvalue weighted by Gasteiger charge is -2.36.